The highest BCUT2D eigenvalue weighted by molar-refractivity contribution is 7.54. The molecule has 3 rings (SSSR count). The lowest BCUT2D eigenvalue weighted by atomic mass is 9.93. The minimum absolute atomic E-state index is 0.0280. The summed E-state index contributed by atoms with van der Waals surface area (Å²) in [6, 6.07) is 0. The van der Waals surface area contributed by atoms with Crippen LogP contribution >= 0.6 is 7.60 Å². The fraction of sp³-hybridized carbons (Fsp3) is 0.737. The van der Waals surface area contributed by atoms with Gasteiger partial charge in [-0.1, -0.05) is 20.8 Å². The SMILES string of the molecule is CCC(C)(CC1OC(n2cnc3c(=O)[nH]cnc32)C(O)C1O)OP(=O)(O)C(O)(CC)CC. The number of imidazole rings is 1. The molecule has 180 valence electrons. The van der Waals surface area contributed by atoms with Crippen LogP contribution in [0, 0.1) is 0 Å². The first-order chi connectivity index (χ1) is 14.9. The molecule has 5 N–H and O–H groups in total. The maximum Gasteiger partial charge on any atom is 0.359 e. The molecule has 1 aliphatic heterocycles. The maximum atomic E-state index is 12.9. The summed E-state index contributed by atoms with van der Waals surface area (Å²) in [6.07, 6.45) is -1.98. The van der Waals surface area contributed by atoms with E-state index in [9.17, 15) is 29.6 Å². The average Bonchev–Trinajstić information content (AvgIpc) is 3.30. The van der Waals surface area contributed by atoms with Gasteiger partial charge in [-0.2, -0.15) is 0 Å². The minimum Gasteiger partial charge on any atom is -0.388 e. The molecule has 0 amide bonds. The summed E-state index contributed by atoms with van der Waals surface area (Å²) in [5.41, 5.74) is -1.46. The zero-order valence-electron chi connectivity index (χ0n) is 18.5. The highest BCUT2D eigenvalue weighted by Gasteiger charge is 2.51. The lowest BCUT2D eigenvalue weighted by Gasteiger charge is -2.38. The first-order valence-corrected chi connectivity index (χ1v) is 12.2. The molecule has 0 aliphatic carbocycles. The summed E-state index contributed by atoms with van der Waals surface area (Å²) in [5, 5.41) is 29.9. The molecule has 3 heterocycles. The number of aliphatic hydroxyl groups is 3. The Bertz CT molecular complexity index is 1050. The Morgan fingerprint density at radius 3 is 2.47 bits per heavy atom. The number of nitrogens with one attached hydrogen (secondary N) is 1. The first-order valence-electron chi connectivity index (χ1n) is 10.6. The summed E-state index contributed by atoms with van der Waals surface area (Å²) >= 11 is 0. The molecule has 6 unspecified atom stereocenters. The van der Waals surface area contributed by atoms with Crippen molar-refractivity contribution in [2.24, 2.45) is 0 Å². The molecule has 0 saturated carbocycles. The zero-order valence-corrected chi connectivity index (χ0v) is 19.4. The monoisotopic (exact) mass is 474 g/mol. The van der Waals surface area contributed by atoms with Crippen molar-refractivity contribution in [1.82, 2.24) is 19.5 Å². The quantitative estimate of drug-likeness (QED) is 0.329. The summed E-state index contributed by atoms with van der Waals surface area (Å²) in [7, 11) is -4.45. The first kappa shape index (κ1) is 25.0. The fourth-order valence-corrected chi connectivity index (χ4v) is 5.65. The normalized spacial score (nSPS) is 28.0. The molecule has 0 bridgehead atoms. The molecule has 32 heavy (non-hydrogen) atoms. The number of fused-ring (bicyclic) bond motifs is 1. The second-order valence-electron chi connectivity index (χ2n) is 8.41. The third kappa shape index (κ3) is 4.28. The molecule has 0 radical (unpaired) electrons. The van der Waals surface area contributed by atoms with Crippen LogP contribution in [0.25, 0.3) is 11.2 Å². The van der Waals surface area contributed by atoms with Crippen molar-refractivity contribution in [3.05, 3.63) is 23.0 Å². The number of H-pyrrole nitrogens is 1. The third-order valence-corrected chi connectivity index (χ3v) is 8.73. The molecule has 0 spiro atoms. The average molecular weight is 474 g/mol. The van der Waals surface area contributed by atoms with E-state index in [0.717, 1.165) is 0 Å². The van der Waals surface area contributed by atoms with Crippen molar-refractivity contribution in [2.45, 2.75) is 88.9 Å². The number of aromatic nitrogens is 4. The largest absolute Gasteiger partial charge is 0.388 e. The van der Waals surface area contributed by atoms with Crippen molar-refractivity contribution >= 4 is 18.8 Å². The second kappa shape index (κ2) is 8.94. The van der Waals surface area contributed by atoms with Gasteiger partial charge in [0.25, 0.3) is 5.56 Å². The van der Waals surface area contributed by atoms with Crippen molar-refractivity contribution in [2.75, 3.05) is 0 Å². The number of rotatable bonds is 9. The Morgan fingerprint density at radius 2 is 1.88 bits per heavy atom. The van der Waals surface area contributed by atoms with Crippen LogP contribution in [0.15, 0.2) is 17.4 Å². The van der Waals surface area contributed by atoms with Gasteiger partial charge in [0.15, 0.2) is 22.7 Å². The topological polar surface area (TPSA) is 180 Å². The maximum absolute atomic E-state index is 12.9. The van der Waals surface area contributed by atoms with Crippen molar-refractivity contribution in [3.63, 3.8) is 0 Å². The predicted molar refractivity (Wildman–Crippen MR) is 114 cm³/mol. The highest BCUT2D eigenvalue weighted by Crippen LogP contribution is 2.60. The van der Waals surface area contributed by atoms with E-state index in [1.807, 2.05) is 0 Å². The Labute approximate surface area is 184 Å². The molecular formula is C19H31N4O8P. The lowest BCUT2D eigenvalue weighted by Crippen LogP contribution is -2.40. The van der Waals surface area contributed by atoms with Gasteiger partial charge in [0.05, 0.1) is 24.4 Å². The van der Waals surface area contributed by atoms with Gasteiger partial charge in [-0.15, -0.1) is 0 Å². The number of nitrogens with zero attached hydrogens (tertiary/aromatic N) is 3. The standard InChI is InChI=1S/C19H31N4O8P/c1-5-18(4,31-32(28,29)19(27,6-2)7-3)8-11-13(24)14(25)17(30-11)23-10-22-12-15(23)20-9-21-16(12)26/h9-11,13-14,17,24-25,27H,5-8H2,1-4H3,(H,28,29)(H,20,21,26). The molecule has 1 saturated heterocycles. The molecule has 1 aliphatic rings. The molecule has 2 aromatic rings. The van der Waals surface area contributed by atoms with Crippen molar-refractivity contribution in [3.8, 4) is 0 Å². The molecule has 12 nitrogen and oxygen atoms in total. The number of hydrogen-bond acceptors (Lipinski definition) is 9. The summed E-state index contributed by atoms with van der Waals surface area (Å²) in [4.78, 5) is 32.9. The van der Waals surface area contributed by atoms with Gasteiger partial charge in [-0.05, 0) is 26.2 Å². The van der Waals surface area contributed by atoms with Crippen LogP contribution < -0.4 is 5.56 Å². The van der Waals surface area contributed by atoms with E-state index in [1.54, 1.807) is 27.7 Å². The van der Waals surface area contributed by atoms with E-state index in [4.69, 9.17) is 9.26 Å². The number of aliphatic hydroxyl groups excluding tert-OH is 2. The van der Waals surface area contributed by atoms with Gasteiger partial charge >= 0.3 is 7.60 Å². The van der Waals surface area contributed by atoms with E-state index >= 15 is 0 Å². The van der Waals surface area contributed by atoms with Gasteiger partial charge in [-0.25, -0.2) is 9.97 Å². The van der Waals surface area contributed by atoms with E-state index in [0.29, 0.717) is 0 Å². The van der Waals surface area contributed by atoms with Gasteiger partial charge < -0.3 is 34.5 Å². The third-order valence-electron chi connectivity index (χ3n) is 6.36. The van der Waals surface area contributed by atoms with Crippen molar-refractivity contribution in [1.29, 1.82) is 0 Å². The van der Waals surface area contributed by atoms with Crippen LogP contribution in [-0.4, -0.2) is 69.0 Å². The number of ether oxygens (including phenoxy) is 1. The van der Waals surface area contributed by atoms with Crippen LogP contribution in [0.5, 0.6) is 0 Å². The van der Waals surface area contributed by atoms with Gasteiger partial charge in [0.1, 0.15) is 12.2 Å². The predicted octanol–water partition coefficient (Wildman–Crippen LogP) is 1.01. The van der Waals surface area contributed by atoms with E-state index in [2.05, 4.69) is 15.0 Å². The Hall–Kier alpha value is -1.66. The van der Waals surface area contributed by atoms with E-state index < -0.39 is 48.6 Å². The van der Waals surface area contributed by atoms with E-state index in [1.165, 1.54) is 17.2 Å². The molecule has 6 atom stereocenters. The molecule has 0 aromatic carbocycles. The second-order valence-corrected chi connectivity index (χ2v) is 10.5. The molecule has 1 fully saturated rings. The summed E-state index contributed by atoms with van der Waals surface area (Å²) in [5.74, 6) is 0. The zero-order chi connectivity index (χ0) is 23.9. The summed E-state index contributed by atoms with van der Waals surface area (Å²) in [6.45, 7) is 6.52. The fourth-order valence-electron chi connectivity index (χ4n) is 3.88. The Balaban J connectivity index is 1.84. The number of aromatic amines is 1. The lowest BCUT2D eigenvalue weighted by molar-refractivity contribution is -0.0696. The van der Waals surface area contributed by atoms with Gasteiger partial charge in [0, 0.05) is 6.42 Å². The van der Waals surface area contributed by atoms with Crippen LogP contribution in [-0.2, 0) is 13.8 Å². The highest BCUT2D eigenvalue weighted by atomic mass is 31.2. The molecular weight excluding hydrogens is 443 g/mol. The molecule has 2 aromatic heterocycles. The Kier molecular flexibility index (Phi) is 6.98. The van der Waals surface area contributed by atoms with Gasteiger partial charge in [0.2, 0.25) is 0 Å². The van der Waals surface area contributed by atoms with Crippen molar-refractivity contribution < 1.29 is 34.0 Å². The van der Waals surface area contributed by atoms with Gasteiger partial charge in [-0.3, -0.25) is 13.9 Å². The van der Waals surface area contributed by atoms with E-state index in [-0.39, 0.29) is 36.8 Å². The van der Waals surface area contributed by atoms with Crippen LogP contribution in [0.4, 0.5) is 0 Å². The number of hydrogen-bond donors (Lipinski definition) is 5. The smallest absolute Gasteiger partial charge is 0.359 e. The summed E-state index contributed by atoms with van der Waals surface area (Å²) < 4.78 is 25.7. The van der Waals surface area contributed by atoms with Crippen LogP contribution in [0.1, 0.15) is 59.6 Å². The molecule has 13 heteroatoms. The van der Waals surface area contributed by atoms with Crippen LogP contribution in [0.3, 0.4) is 0 Å². The van der Waals surface area contributed by atoms with Crippen LogP contribution in [0.2, 0.25) is 0 Å². The minimum atomic E-state index is -4.45. The Morgan fingerprint density at radius 1 is 1.22 bits per heavy atom.